The van der Waals surface area contributed by atoms with Crippen molar-refractivity contribution in [3.05, 3.63) is 59.9 Å². The first-order chi connectivity index (χ1) is 14.1. The number of hydrogen-bond donors (Lipinski definition) is 2. The molecule has 1 unspecified atom stereocenters. The lowest BCUT2D eigenvalue weighted by Gasteiger charge is -2.24. The standard InChI is InChI=1S/C20H20F3N5O2/c1-28(2)10-15(12-6-8-13(9-7-12)20(21,22)23)27-18-14-4-3-5-16(30-19(24)29)17(14)25-11-26-18/h3-9,11,15H,10H2,1-2H3,(H2,24,29)(H,25,26,27). The van der Waals surface area contributed by atoms with E-state index in [1.54, 1.807) is 18.2 Å². The molecule has 0 aliphatic carbocycles. The Kier molecular flexibility index (Phi) is 6.06. The highest BCUT2D eigenvalue weighted by molar-refractivity contribution is 5.94. The van der Waals surface area contributed by atoms with Crippen LogP contribution in [0.15, 0.2) is 48.8 Å². The van der Waals surface area contributed by atoms with Crippen LogP contribution in [0, 0.1) is 0 Å². The molecule has 3 N–H and O–H groups in total. The zero-order chi connectivity index (χ0) is 21.9. The number of fused-ring (bicyclic) bond motifs is 1. The Labute approximate surface area is 170 Å². The molecule has 3 aromatic rings. The van der Waals surface area contributed by atoms with Crippen LogP contribution in [-0.2, 0) is 6.18 Å². The van der Waals surface area contributed by atoms with E-state index in [1.807, 2.05) is 19.0 Å². The summed E-state index contributed by atoms with van der Waals surface area (Å²) in [6, 6.07) is 9.58. The number of para-hydroxylation sites is 1. The number of anilines is 1. The predicted octanol–water partition coefficient (Wildman–Crippen LogP) is 3.82. The summed E-state index contributed by atoms with van der Waals surface area (Å²) in [5, 5.41) is 3.84. The Morgan fingerprint density at radius 3 is 2.47 bits per heavy atom. The van der Waals surface area contributed by atoms with Crippen molar-refractivity contribution in [2.24, 2.45) is 5.73 Å². The predicted molar refractivity (Wildman–Crippen MR) is 106 cm³/mol. The van der Waals surface area contributed by atoms with Crippen molar-refractivity contribution >= 4 is 22.8 Å². The van der Waals surface area contributed by atoms with Gasteiger partial charge in [-0.05, 0) is 43.9 Å². The molecule has 3 rings (SSSR count). The number of rotatable bonds is 6. The number of halogens is 3. The lowest BCUT2D eigenvalue weighted by molar-refractivity contribution is -0.137. The number of amides is 1. The monoisotopic (exact) mass is 419 g/mol. The minimum Gasteiger partial charge on any atom is -0.408 e. The molecule has 7 nitrogen and oxygen atoms in total. The van der Waals surface area contributed by atoms with Crippen LogP contribution in [0.1, 0.15) is 17.2 Å². The lowest BCUT2D eigenvalue weighted by atomic mass is 10.0. The third kappa shape index (κ3) is 4.95. The van der Waals surface area contributed by atoms with Gasteiger partial charge in [0, 0.05) is 11.9 Å². The van der Waals surface area contributed by atoms with Crippen molar-refractivity contribution in [2.45, 2.75) is 12.2 Å². The average molecular weight is 419 g/mol. The Morgan fingerprint density at radius 1 is 1.17 bits per heavy atom. The van der Waals surface area contributed by atoms with Gasteiger partial charge in [-0.25, -0.2) is 14.8 Å². The Morgan fingerprint density at radius 2 is 1.87 bits per heavy atom. The summed E-state index contributed by atoms with van der Waals surface area (Å²) < 4.78 is 43.7. The highest BCUT2D eigenvalue weighted by atomic mass is 19.4. The van der Waals surface area contributed by atoms with Crippen molar-refractivity contribution in [1.82, 2.24) is 14.9 Å². The maximum Gasteiger partial charge on any atom is 0.416 e. The minimum atomic E-state index is -4.40. The SMILES string of the molecule is CN(C)CC(Nc1ncnc2c(OC(N)=O)cccc12)c1ccc(C(F)(F)F)cc1. The van der Waals surface area contributed by atoms with Gasteiger partial charge in [-0.1, -0.05) is 18.2 Å². The van der Waals surface area contributed by atoms with Gasteiger partial charge in [-0.3, -0.25) is 0 Å². The van der Waals surface area contributed by atoms with Crippen LogP contribution in [0.3, 0.4) is 0 Å². The fraction of sp³-hybridized carbons (Fsp3) is 0.250. The van der Waals surface area contributed by atoms with Crippen molar-refractivity contribution < 1.29 is 22.7 Å². The van der Waals surface area contributed by atoms with Gasteiger partial charge in [0.15, 0.2) is 5.75 Å². The van der Waals surface area contributed by atoms with Gasteiger partial charge in [-0.2, -0.15) is 13.2 Å². The number of hydrogen-bond acceptors (Lipinski definition) is 6. The zero-order valence-electron chi connectivity index (χ0n) is 16.3. The van der Waals surface area contributed by atoms with Crippen molar-refractivity contribution in [3.8, 4) is 5.75 Å². The van der Waals surface area contributed by atoms with Crippen molar-refractivity contribution in [2.75, 3.05) is 26.0 Å². The van der Waals surface area contributed by atoms with E-state index < -0.39 is 17.8 Å². The van der Waals surface area contributed by atoms with Gasteiger partial charge in [-0.15, -0.1) is 0 Å². The van der Waals surface area contributed by atoms with E-state index in [-0.39, 0.29) is 11.8 Å². The first kappa shape index (κ1) is 21.3. The smallest absolute Gasteiger partial charge is 0.408 e. The number of benzene rings is 2. The van der Waals surface area contributed by atoms with E-state index in [9.17, 15) is 18.0 Å². The quantitative estimate of drug-likeness (QED) is 0.631. The third-order valence-corrected chi connectivity index (χ3v) is 4.34. The van der Waals surface area contributed by atoms with E-state index in [2.05, 4.69) is 15.3 Å². The molecule has 158 valence electrons. The van der Waals surface area contributed by atoms with Gasteiger partial charge in [0.25, 0.3) is 0 Å². The van der Waals surface area contributed by atoms with Crippen LogP contribution in [0.2, 0.25) is 0 Å². The van der Waals surface area contributed by atoms with Gasteiger partial charge >= 0.3 is 12.3 Å². The molecule has 1 heterocycles. The van der Waals surface area contributed by atoms with E-state index in [0.717, 1.165) is 12.1 Å². The van der Waals surface area contributed by atoms with Crippen molar-refractivity contribution in [1.29, 1.82) is 0 Å². The topological polar surface area (TPSA) is 93.4 Å². The average Bonchev–Trinajstić information content (AvgIpc) is 2.67. The number of carbonyl (C=O) groups excluding carboxylic acids is 1. The maximum atomic E-state index is 12.9. The molecule has 0 aliphatic heterocycles. The molecular weight excluding hydrogens is 399 g/mol. The molecule has 10 heteroatoms. The molecule has 0 fully saturated rings. The van der Waals surface area contributed by atoms with Gasteiger partial charge < -0.3 is 20.7 Å². The molecule has 1 aromatic heterocycles. The zero-order valence-corrected chi connectivity index (χ0v) is 16.3. The summed E-state index contributed by atoms with van der Waals surface area (Å²) in [7, 11) is 3.71. The van der Waals surface area contributed by atoms with Gasteiger partial charge in [0.2, 0.25) is 0 Å². The first-order valence-corrected chi connectivity index (χ1v) is 8.94. The number of aromatic nitrogens is 2. The molecule has 0 aliphatic rings. The molecule has 2 aromatic carbocycles. The number of nitrogens with zero attached hydrogens (tertiary/aromatic N) is 3. The summed E-state index contributed by atoms with van der Waals surface area (Å²) >= 11 is 0. The highest BCUT2D eigenvalue weighted by Gasteiger charge is 2.30. The number of primary amides is 1. The molecule has 0 saturated carbocycles. The fourth-order valence-corrected chi connectivity index (χ4v) is 3.04. The number of nitrogens with two attached hydrogens (primary N) is 1. The molecule has 0 spiro atoms. The largest absolute Gasteiger partial charge is 0.416 e. The Balaban J connectivity index is 1.97. The summed E-state index contributed by atoms with van der Waals surface area (Å²) in [6.07, 6.45) is -4.06. The van der Waals surface area contributed by atoms with E-state index >= 15 is 0 Å². The van der Waals surface area contributed by atoms with Crippen LogP contribution in [-0.4, -0.2) is 41.6 Å². The van der Waals surface area contributed by atoms with Gasteiger partial charge in [0.05, 0.1) is 11.6 Å². The molecule has 1 atom stereocenters. The van der Waals surface area contributed by atoms with E-state index in [4.69, 9.17) is 10.5 Å². The minimum absolute atomic E-state index is 0.184. The Bertz CT molecular complexity index is 1040. The van der Waals surface area contributed by atoms with Crippen LogP contribution in [0.25, 0.3) is 10.9 Å². The number of carbonyl (C=O) groups is 1. The second-order valence-corrected chi connectivity index (χ2v) is 6.87. The lowest BCUT2D eigenvalue weighted by Crippen LogP contribution is -2.26. The maximum absolute atomic E-state index is 12.9. The molecule has 1 amide bonds. The second-order valence-electron chi connectivity index (χ2n) is 6.87. The number of nitrogens with one attached hydrogen (secondary N) is 1. The third-order valence-electron chi connectivity index (χ3n) is 4.34. The Hall–Kier alpha value is -3.40. The first-order valence-electron chi connectivity index (χ1n) is 8.94. The summed E-state index contributed by atoms with van der Waals surface area (Å²) in [6.45, 7) is 0.494. The van der Waals surface area contributed by atoms with E-state index in [1.165, 1.54) is 18.5 Å². The van der Waals surface area contributed by atoms with E-state index in [0.29, 0.717) is 28.8 Å². The molecule has 0 bridgehead atoms. The number of alkyl halides is 3. The molecule has 30 heavy (non-hydrogen) atoms. The second kappa shape index (κ2) is 8.54. The summed E-state index contributed by atoms with van der Waals surface area (Å²) in [5.41, 5.74) is 5.43. The molecule has 0 saturated heterocycles. The van der Waals surface area contributed by atoms with Crippen LogP contribution >= 0.6 is 0 Å². The van der Waals surface area contributed by atoms with Crippen LogP contribution < -0.4 is 15.8 Å². The number of ether oxygens (including phenoxy) is 1. The summed E-state index contributed by atoms with van der Waals surface area (Å²) in [4.78, 5) is 21.5. The number of likely N-dealkylation sites (N-methyl/N-ethyl adjacent to an activating group) is 1. The van der Waals surface area contributed by atoms with Crippen LogP contribution in [0.4, 0.5) is 23.8 Å². The normalized spacial score (nSPS) is 12.7. The highest BCUT2D eigenvalue weighted by Crippen LogP contribution is 2.32. The van der Waals surface area contributed by atoms with Crippen molar-refractivity contribution in [3.63, 3.8) is 0 Å². The molecule has 0 radical (unpaired) electrons. The summed E-state index contributed by atoms with van der Waals surface area (Å²) in [5.74, 6) is 0.630. The molecular formula is C20H20F3N5O2. The van der Waals surface area contributed by atoms with Crippen LogP contribution in [0.5, 0.6) is 5.75 Å². The fourth-order valence-electron chi connectivity index (χ4n) is 3.04. The van der Waals surface area contributed by atoms with Gasteiger partial charge in [0.1, 0.15) is 17.7 Å².